The van der Waals surface area contributed by atoms with Crippen LogP contribution in [-0.2, 0) is 21.2 Å². The number of halogens is 3. The molecule has 1 aromatic heterocycles. The van der Waals surface area contributed by atoms with Gasteiger partial charge in [0.2, 0.25) is 10.0 Å². The number of nitrogens with two attached hydrogens (primary N) is 1. The fourth-order valence-electron chi connectivity index (χ4n) is 3.51. The van der Waals surface area contributed by atoms with Gasteiger partial charge in [0.15, 0.2) is 0 Å². The number of nitrogens with zero attached hydrogens (tertiary/aromatic N) is 3. The van der Waals surface area contributed by atoms with Gasteiger partial charge in [0, 0.05) is 19.6 Å². The number of aromatic nitrogens is 2. The van der Waals surface area contributed by atoms with E-state index < -0.39 is 28.7 Å². The summed E-state index contributed by atoms with van der Waals surface area (Å²) in [5.41, 5.74) is 0.568. The van der Waals surface area contributed by atoms with Gasteiger partial charge in [-0.15, -0.1) is 0 Å². The lowest BCUT2D eigenvalue weighted by molar-refractivity contribution is -0.168. The van der Waals surface area contributed by atoms with Crippen LogP contribution in [0.5, 0.6) is 0 Å². The molecule has 0 spiro atoms. The molecule has 1 aromatic carbocycles. The van der Waals surface area contributed by atoms with E-state index >= 15 is 0 Å². The number of hydrogen-bond acceptors (Lipinski definition) is 7. The second-order valence-electron chi connectivity index (χ2n) is 7.39. The number of anilines is 2. The third kappa shape index (κ3) is 6.77. The van der Waals surface area contributed by atoms with Gasteiger partial charge in [0.05, 0.1) is 35.9 Å². The second-order valence-corrected chi connectivity index (χ2v) is 8.91. The minimum absolute atomic E-state index is 0.0592. The van der Waals surface area contributed by atoms with Crippen LogP contribution >= 0.6 is 0 Å². The predicted molar refractivity (Wildman–Crippen MR) is 109 cm³/mol. The van der Waals surface area contributed by atoms with Gasteiger partial charge in [-0.05, 0) is 25.0 Å². The molecule has 1 fully saturated rings. The van der Waals surface area contributed by atoms with Crippen LogP contribution in [0.25, 0.3) is 0 Å². The van der Waals surface area contributed by atoms with Crippen molar-refractivity contribution in [1.82, 2.24) is 9.97 Å². The summed E-state index contributed by atoms with van der Waals surface area (Å²) in [6, 6.07) is 6.45. The van der Waals surface area contributed by atoms with E-state index in [1.807, 2.05) is 0 Å². The van der Waals surface area contributed by atoms with E-state index in [0.29, 0.717) is 36.7 Å². The summed E-state index contributed by atoms with van der Waals surface area (Å²) < 4.78 is 67.1. The van der Waals surface area contributed by atoms with Crippen LogP contribution in [0.4, 0.5) is 24.8 Å². The molecule has 12 heteroatoms. The molecule has 1 aliphatic rings. The van der Waals surface area contributed by atoms with Crippen molar-refractivity contribution in [1.29, 1.82) is 0 Å². The Morgan fingerprint density at radius 3 is 2.71 bits per heavy atom. The largest absolute Gasteiger partial charge is 0.391 e. The number of nitrogens with one attached hydrogen (secondary N) is 1. The van der Waals surface area contributed by atoms with E-state index in [-0.39, 0.29) is 17.5 Å². The monoisotopic (exact) mass is 459 g/mol. The quantitative estimate of drug-likeness (QED) is 0.654. The fraction of sp³-hybridized carbons (Fsp3) is 0.474. The summed E-state index contributed by atoms with van der Waals surface area (Å²) in [6.07, 6.45) is -3.33. The summed E-state index contributed by atoms with van der Waals surface area (Å²) in [7, 11) is -3.83. The molecule has 31 heavy (non-hydrogen) atoms. The van der Waals surface area contributed by atoms with Gasteiger partial charge in [0.1, 0.15) is 11.6 Å². The number of primary sulfonamides is 1. The van der Waals surface area contributed by atoms with Crippen molar-refractivity contribution in [2.45, 2.75) is 43.0 Å². The lowest BCUT2D eigenvalue weighted by Gasteiger charge is -2.37. The minimum Gasteiger partial charge on any atom is -0.371 e. The zero-order chi connectivity index (χ0) is 22.6. The molecule has 1 saturated heterocycles. The lowest BCUT2D eigenvalue weighted by atomic mass is 10.1. The van der Waals surface area contributed by atoms with Crippen molar-refractivity contribution in [3.05, 3.63) is 42.2 Å². The Labute approximate surface area is 178 Å². The van der Waals surface area contributed by atoms with Gasteiger partial charge in [-0.2, -0.15) is 13.2 Å². The first kappa shape index (κ1) is 23.2. The molecule has 0 bridgehead atoms. The highest BCUT2D eigenvalue weighted by molar-refractivity contribution is 7.89. The normalized spacial score (nSPS) is 20.0. The molecule has 8 nitrogen and oxygen atoms in total. The molecule has 1 aliphatic heterocycles. The van der Waals surface area contributed by atoms with E-state index in [1.165, 1.54) is 18.5 Å². The van der Waals surface area contributed by atoms with Crippen molar-refractivity contribution in [3.63, 3.8) is 0 Å². The van der Waals surface area contributed by atoms with Crippen LogP contribution in [-0.4, -0.2) is 56.4 Å². The minimum atomic E-state index is -4.31. The van der Waals surface area contributed by atoms with Crippen molar-refractivity contribution >= 4 is 21.7 Å². The van der Waals surface area contributed by atoms with E-state index in [1.54, 1.807) is 30.0 Å². The van der Waals surface area contributed by atoms with E-state index in [2.05, 4.69) is 15.3 Å². The lowest BCUT2D eigenvalue weighted by Crippen LogP contribution is -2.48. The Bertz CT molecular complexity index is 1000. The van der Waals surface area contributed by atoms with Gasteiger partial charge in [-0.1, -0.05) is 18.2 Å². The standard InChI is InChI=1S/C19H24F3N5O3S/c1-13-11-27(12-15(30-13)8-19(20,21)22)18-10-24-9-17(26-18)25-7-6-14-4-2-3-5-16(14)31(23,28)29/h2-5,9-10,13,15H,6-8,11-12H2,1H3,(H,25,26)(H2,23,28,29). The summed E-state index contributed by atoms with van der Waals surface area (Å²) in [4.78, 5) is 10.3. The zero-order valence-corrected chi connectivity index (χ0v) is 17.7. The third-order valence-electron chi connectivity index (χ3n) is 4.71. The molecule has 2 unspecified atom stereocenters. The summed E-state index contributed by atoms with van der Waals surface area (Å²) in [5, 5.41) is 8.31. The molecule has 0 amide bonds. The van der Waals surface area contributed by atoms with Crippen LogP contribution in [0.3, 0.4) is 0 Å². The van der Waals surface area contributed by atoms with Gasteiger partial charge >= 0.3 is 6.18 Å². The van der Waals surface area contributed by atoms with Crippen LogP contribution in [0.1, 0.15) is 18.9 Å². The maximum Gasteiger partial charge on any atom is 0.391 e. The smallest absolute Gasteiger partial charge is 0.371 e. The molecule has 3 rings (SSSR count). The fourth-order valence-corrected chi connectivity index (χ4v) is 4.31. The number of alkyl halides is 3. The SMILES string of the molecule is CC1CN(c2cncc(NCCc3ccccc3S(N)(=O)=O)n2)CC(CC(F)(F)F)O1. The Morgan fingerprint density at radius 1 is 1.26 bits per heavy atom. The van der Waals surface area contributed by atoms with E-state index in [4.69, 9.17) is 9.88 Å². The van der Waals surface area contributed by atoms with Crippen LogP contribution in [0, 0.1) is 0 Å². The van der Waals surface area contributed by atoms with Crippen LogP contribution in [0.2, 0.25) is 0 Å². The number of hydrogen-bond donors (Lipinski definition) is 2. The first-order chi connectivity index (χ1) is 14.5. The Balaban J connectivity index is 1.65. The van der Waals surface area contributed by atoms with E-state index in [9.17, 15) is 21.6 Å². The summed E-state index contributed by atoms with van der Waals surface area (Å²) >= 11 is 0. The number of benzene rings is 1. The molecule has 2 heterocycles. The first-order valence-corrected chi connectivity index (χ1v) is 11.2. The van der Waals surface area contributed by atoms with Gasteiger partial charge < -0.3 is 15.0 Å². The van der Waals surface area contributed by atoms with Crippen LogP contribution in [0.15, 0.2) is 41.6 Å². The van der Waals surface area contributed by atoms with Crippen molar-refractivity contribution in [3.8, 4) is 0 Å². The average molecular weight is 459 g/mol. The Kier molecular flexibility index (Phi) is 7.02. The highest BCUT2D eigenvalue weighted by Gasteiger charge is 2.36. The zero-order valence-electron chi connectivity index (χ0n) is 16.8. The number of sulfonamides is 1. The topological polar surface area (TPSA) is 110 Å². The molecule has 0 aliphatic carbocycles. The maximum absolute atomic E-state index is 12.8. The summed E-state index contributed by atoms with van der Waals surface area (Å²) in [5.74, 6) is 0.870. The Morgan fingerprint density at radius 2 is 2.00 bits per heavy atom. The molecule has 170 valence electrons. The Hall–Kier alpha value is -2.44. The van der Waals surface area contributed by atoms with Gasteiger partial charge in [0.25, 0.3) is 0 Å². The number of ether oxygens (including phenoxy) is 1. The maximum atomic E-state index is 12.8. The highest BCUT2D eigenvalue weighted by atomic mass is 32.2. The molecule has 2 aromatic rings. The molecule has 2 atom stereocenters. The average Bonchev–Trinajstić information content (AvgIpc) is 2.66. The number of rotatable bonds is 7. The predicted octanol–water partition coefficient (Wildman–Crippen LogP) is 2.32. The van der Waals surface area contributed by atoms with Crippen molar-refractivity contribution in [2.24, 2.45) is 5.14 Å². The third-order valence-corrected chi connectivity index (χ3v) is 5.72. The second kappa shape index (κ2) is 9.37. The molecule has 0 radical (unpaired) electrons. The highest BCUT2D eigenvalue weighted by Crippen LogP contribution is 2.28. The molecular formula is C19H24F3N5O3S. The molecule has 3 N–H and O–H groups in total. The van der Waals surface area contributed by atoms with Crippen molar-refractivity contribution in [2.75, 3.05) is 29.9 Å². The molecular weight excluding hydrogens is 435 g/mol. The first-order valence-electron chi connectivity index (χ1n) is 9.65. The van der Waals surface area contributed by atoms with Gasteiger partial charge in [-0.3, -0.25) is 4.98 Å². The summed E-state index contributed by atoms with van der Waals surface area (Å²) in [6.45, 7) is 2.53. The molecule has 0 saturated carbocycles. The van der Waals surface area contributed by atoms with Crippen LogP contribution < -0.4 is 15.4 Å². The number of morpholine rings is 1. The van der Waals surface area contributed by atoms with Crippen molar-refractivity contribution < 1.29 is 26.3 Å². The van der Waals surface area contributed by atoms with E-state index in [0.717, 1.165) is 0 Å². The van der Waals surface area contributed by atoms with Gasteiger partial charge in [-0.25, -0.2) is 18.5 Å².